The van der Waals surface area contributed by atoms with E-state index in [1.54, 1.807) is 19.1 Å². The number of ketones is 2. The Morgan fingerprint density at radius 2 is 1.74 bits per heavy atom. The smallest absolute Gasteiger partial charge is 0.234 e. The minimum Gasteiger partial charge on any atom is -0.507 e. The number of phenolic OH excluding ortho intramolecular Hbond substituents is 1. The molecular formula is C31H27NO6. The molecular weight excluding hydrogens is 482 g/mol. The fourth-order valence-electron chi connectivity index (χ4n) is 6.68. The number of Topliss-reactive ketones (excluding diaryl/α,β-unsaturated/α-hetero) is 1. The molecule has 0 spiro atoms. The summed E-state index contributed by atoms with van der Waals surface area (Å²) in [4.78, 5) is 55.4. The van der Waals surface area contributed by atoms with E-state index in [1.807, 2.05) is 36.4 Å². The van der Waals surface area contributed by atoms with Crippen LogP contribution in [0.2, 0.25) is 0 Å². The van der Waals surface area contributed by atoms with Crippen molar-refractivity contribution in [2.24, 2.45) is 17.8 Å². The van der Waals surface area contributed by atoms with Gasteiger partial charge in [-0.3, -0.25) is 24.1 Å². The molecule has 1 aliphatic heterocycles. The second-order valence-electron chi connectivity index (χ2n) is 10.4. The lowest BCUT2D eigenvalue weighted by molar-refractivity contribution is -0.140. The standard InChI is InChI=1S/C31H27NO6/c1-16-13-23(34)21-14-20-18(26(27(21)29(16)35)28-22(33)9-6-10-24(28)38-2)11-12-19-25(20)31(37)32(30(19)36)15-17-7-4-3-5-8-17/h3-11,13,19-20,25-26,33H,12,14-15H2,1-2H3/t19-,20+,25-,26-/m0/s1. The number of methoxy groups -OCH3 is 1. The number of rotatable bonds is 4. The first kappa shape index (κ1) is 24.1. The van der Waals surface area contributed by atoms with Crippen LogP contribution < -0.4 is 4.74 Å². The van der Waals surface area contributed by atoms with Crippen molar-refractivity contribution in [3.05, 3.63) is 94.1 Å². The first-order valence-electron chi connectivity index (χ1n) is 12.8. The molecule has 1 N–H and O–H groups in total. The molecule has 192 valence electrons. The van der Waals surface area contributed by atoms with Gasteiger partial charge in [0.15, 0.2) is 11.6 Å². The lowest BCUT2D eigenvalue weighted by Crippen LogP contribution is -2.39. The van der Waals surface area contributed by atoms with E-state index in [-0.39, 0.29) is 42.1 Å². The molecule has 1 fully saturated rings. The van der Waals surface area contributed by atoms with Gasteiger partial charge in [0.25, 0.3) is 0 Å². The first-order chi connectivity index (χ1) is 18.3. The van der Waals surface area contributed by atoms with Gasteiger partial charge < -0.3 is 9.84 Å². The number of likely N-dealkylation sites (tertiary alicyclic amines) is 1. The molecule has 2 amide bonds. The van der Waals surface area contributed by atoms with E-state index in [4.69, 9.17) is 4.74 Å². The summed E-state index contributed by atoms with van der Waals surface area (Å²) in [5, 5.41) is 11.0. The molecule has 1 saturated heterocycles. The molecule has 3 aliphatic carbocycles. The Bertz CT molecular complexity index is 1500. The maximum Gasteiger partial charge on any atom is 0.234 e. The van der Waals surface area contributed by atoms with Gasteiger partial charge in [-0.1, -0.05) is 48.0 Å². The Balaban J connectivity index is 1.48. The molecule has 0 bridgehead atoms. The predicted octanol–water partition coefficient (Wildman–Crippen LogP) is 4.03. The van der Waals surface area contributed by atoms with Crippen molar-refractivity contribution >= 4 is 23.4 Å². The van der Waals surface area contributed by atoms with Crippen LogP contribution in [0.15, 0.2) is 83.0 Å². The molecule has 0 aromatic heterocycles. The SMILES string of the molecule is COc1cccc(O)c1[C@H]1C2=CC[C@@H]3C(=O)N(Cc4ccccc4)C(=O)[C@@H]3[C@@H]2CC2=C1C(=O)C(C)=CC2=O. The molecule has 4 aliphatic rings. The van der Waals surface area contributed by atoms with Gasteiger partial charge in [-0.15, -0.1) is 0 Å². The third kappa shape index (κ3) is 3.49. The van der Waals surface area contributed by atoms with Crippen LogP contribution in [0.1, 0.15) is 36.8 Å². The van der Waals surface area contributed by atoms with Gasteiger partial charge in [0.05, 0.1) is 25.5 Å². The third-order valence-electron chi connectivity index (χ3n) is 8.39. The van der Waals surface area contributed by atoms with Crippen LogP contribution in [0, 0.1) is 17.8 Å². The molecule has 1 heterocycles. The van der Waals surface area contributed by atoms with Crippen molar-refractivity contribution in [2.75, 3.05) is 7.11 Å². The lowest BCUT2D eigenvalue weighted by atomic mass is 9.59. The van der Waals surface area contributed by atoms with Crippen molar-refractivity contribution < 1.29 is 29.0 Å². The minimum atomic E-state index is -0.757. The number of nitrogens with zero attached hydrogens (tertiary/aromatic N) is 1. The average molecular weight is 510 g/mol. The number of hydrogen-bond donors (Lipinski definition) is 1. The summed E-state index contributed by atoms with van der Waals surface area (Å²) in [6.45, 7) is 1.80. The zero-order valence-corrected chi connectivity index (χ0v) is 21.1. The van der Waals surface area contributed by atoms with Gasteiger partial charge in [-0.2, -0.15) is 0 Å². The maximum absolute atomic E-state index is 13.8. The summed E-state index contributed by atoms with van der Waals surface area (Å²) in [5.74, 6) is -3.05. The van der Waals surface area contributed by atoms with Gasteiger partial charge >= 0.3 is 0 Å². The number of allylic oxidation sites excluding steroid dienone is 6. The Morgan fingerprint density at radius 3 is 2.47 bits per heavy atom. The van der Waals surface area contributed by atoms with E-state index in [9.17, 15) is 24.3 Å². The molecule has 2 aromatic carbocycles. The summed E-state index contributed by atoms with van der Waals surface area (Å²) < 4.78 is 5.59. The van der Waals surface area contributed by atoms with Crippen molar-refractivity contribution in [2.45, 2.75) is 32.2 Å². The number of carbonyl (C=O) groups is 4. The van der Waals surface area contributed by atoms with Gasteiger partial charge in [0.1, 0.15) is 11.5 Å². The number of carbonyl (C=O) groups excluding carboxylic acids is 4. The molecule has 0 saturated carbocycles. The van der Waals surface area contributed by atoms with E-state index < -0.39 is 23.7 Å². The highest BCUT2D eigenvalue weighted by Crippen LogP contribution is 2.57. The summed E-state index contributed by atoms with van der Waals surface area (Å²) in [6.07, 6.45) is 3.83. The van der Waals surface area contributed by atoms with Crippen molar-refractivity contribution in [3.8, 4) is 11.5 Å². The second kappa shape index (κ2) is 8.94. The van der Waals surface area contributed by atoms with Crippen LogP contribution in [-0.2, 0) is 25.7 Å². The van der Waals surface area contributed by atoms with Crippen LogP contribution >= 0.6 is 0 Å². The number of imide groups is 1. The van der Waals surface area contributed by atoms with Gasteiger partial charge in [-0.25, -0.2) is 0 Å². The second-order valence-corrected chi connectivity index (χ2v) is 10.4. The molecule has 38 heavy (non-hydrogen) atoms. The number of amides is 2. The fraction of sp³-hybridized carbons (Fsp3) is 0.290. The zero-order valence-electron chi connectivity index (χ0n) is 21.1. The van der Waals surface area contributed by atoms with Crippen LogP contribution in [0.4, 0.5) is 0 Å². The molecule has 6 rings (SSSR count). The third-order valence-corrected chi connectivity index (χ3v) is 8.39. The number of ether oxygens (including phenoxy) is 1. The van der Waals surface area contributed by atoms with Crippen LogP contribution in [-0.4, -0.2) is 40.5 Å². The van der Waals surface area contributed by atoms with E-state index in [0.717, 1.165) is 11.1 Å². The Morgan fingerprint density at radius 1 is 0.974 bits per heavy atom. The molecule has 0 radical (unpaired) electrons. The van der Waals surface area contributed by atoms with Crippen molar-refractivity contribution in [3.63, 3.8) is 0 Å². The van der Waals surface area contributed by atoms with Gasteiger partial charge in [0.2, 0.25) is 11.8 Å². The number of phenols is 1. The Labute approximate surface area is 220 Å². The van der Waals surface area contributed by atoms with Gasteiger partial charge in [0, 0.05) is 28.2 Å². The van der Waals surface area contributed by atoms with E-state index >= 15 is 0 Å². The maximum atomic E-state index is 13.8. The topological polar surface area (TPSA) is 101 Å². The van der Waals surface area contributed by atoms with E-state index in [2.05, 4.69) is 0 Å². The largest absolute Gasteiger partial charge is 0.507 e. The van der Waals surface area contributed by atoms with Crippen LogP contribution in [0.5, 0.6) is 11.5 Å². The minimum absolute atomic E-state index is 0.0585. The fourth-order valence-corrected chi connectivity index (χ4v) is 6.68. The number of hydrogen-bond acceptors (Lipinski definition) is 6. The first-order valence-corrected chi connectivity index (χ1v) is 12.8. The molecule has 4 atom stereocenters. The molecule has 2 aromatic rings. The Kier molecular flexibility index (Phi) is 5.67. The lowest BCUT2D eigenvalue weighted by Gasteiger charge is -2.42. The summed E-state index contributed by atoms with van der Waals surface area (Å²) in [5.41, 5.74) is 3.05. The average Bonchev–Trinajstić information content (AvgIpc) is 3.16. The normalized spacial score (nSPS) is 26.5. The van der Waals surface area contributed by atoms with E-state index in [0.29, 0.717) is 34.5 Å². The summed E-state index contributed by atoms with van der Waals surface area (Å²) in [6, 6.07) is 14.3. The molecule has 7 heteroatoms. The summed E-state index contributed by atoms with van der Waals surface area (Å²) in [7, 11) is 1.48. The predicted molar refractivity (Wildman–Crippen MR) is 138 cm³/mol. The van der Waals surface area contributed by atoms with Crippen molar-refractivity contribution in [1.29, 1.82) is 0 Å². The van der Waals surface area contributed by atoms with Crippen LogP contribution in [0.3, 0.4) is 0 Å². The molecule has 0 unspecified atom stereocenters. The zero-order chi connectivity index (χ0) is 26.7. The molecule has 7 nitrogen and oxygen atoms in total. The van der Waals surface area contributed by atoms with Crippen molar-refractivity contribution in [1.82, 2.24) is 4.90 Å². The highest BCUT2D eigenvalue weighted by Gasteiger charge is 2.56. The monoisotopic (exact) mass is 509 g/mol. The number of benzene rings is 2. The number of fused-ring (bicyclic) bond motifs is 3. The van der Waals surface area contributed by atoms with Gasteiger partial charge in [-0.05, 0) is 49.5 Å². The number of aromatic hydroxyl groups is 1. The van der Waals surface area contributed by atoms with Crippen LogP contribution in [0.25, 0.3) is 0 Å². The summed E-state index contributed by atoms with van der Waals surface area (Å²) >= 11 is 0. The quantitative estimate of drug-likeness (QED) is 0.380. The Hall–Kier alpha value is -4.26. The highest BCUT2D eigenvalue weighted by atomic mass is 16.5. The van der Waals surface area contributed by atoms with E-state index in [1.165, 1.54) is 24.2 Å². The highest BCUT2D eigenvalue weighted by molar-refractivity contribution is 6.24.